The van der Waals surface area contributed by atoms with Crippen LogP contribution in [0.25, 0.3) is 16.6 Å². The summed E-state index contributed by atoms with van der Waals surface area (Å²) in [5.74, 6) is 0.00582. The number of carboxylic acids is 1. The molecule has 0 amide bonds. The molecule has 1 saturated heterocycles. The Labute approximate surface area is 180 Å². The first-order valence-corrected chi connectivity index (χ1v) is 10.5. The summed E-state index contributed by atoms with van der Waals surface area (Å²) in [5, 5.41) is 13.5. The van der Waals surface area contributed by atoms with Gasteiger partial charge in [0.2, 0.25) is 0 Å². The predicted molar refractivity (Wildman–Crippen MR) is 110 cm³/mol. The van der Waals surface area contributed by atoms with Crippen LogP contribution in [0.3, 0.4) is 0 Å². The lowest BCUT2D eigenvalue weighted by molar-refractivity contribution is -0.683. The first-order chi connectivity index (χ1) is 14.0. The normalized spacial score (nSPS) is 16.6. The Bertz CT molecular complexity index is 1030. The zero-order valence-electron chi connectivity index (χ0n) is 15.6. The molecule has 0 radical (unpaired) electrons. The average Bonchev–Trinajstić information content (AvgIpc) is 3.37. The third-order valence-corrected chi connectivity index (χ3v) is 6.20. The Hall–Kier alpha value is -2.23. The highest BCUT2D eigenvalue weighted by molar-refractivity contribution is 9.10. The summed E-state index contributed by atoms with van der Waals surface area (Å²) in [6.45, 7) is 1.58. The van der Waals surface area contributed by atoms with Crippen molar-refractivity contribution in [2.45, 2.75) is 25.3 Å². The highest BCUT2D eigenvalue weighted by Gasteiger charge is 2.29. The van der Waals surface area contributed by atoms with Gasteiger partial charge in [0.25, 0.3) is 12.0 Å². The van der Waals surface area contributed by atoms with Crippen molar-refractivity contribution < 1.29 is 24.3 Å². The van der Waals surface area contributed by atoms with Gasteiger partial charge < -0.3 is 14.7 Å². The molecule has 1 aliphatic rings. The molecule has 3 N–H and O–H groups in total. The Morgan fingerprint density at radius 2 is 2.34 bits per heavy atom. The van der Waals surface area contributed by atoms with Crippen LogP contribution in [0.2, 0.25) is 5.02 Å². The molecule has 0 spiro atoms. The van der Waals surface area contributed by atoms with Gasteiger partial charge in [-0.3, -0.25) is 4.79 Å². The number of hydrogen-bond donors (Lipinski definition) is 2. The van der Waals surface area contributed by atoms with Gasteiger partial charge in [0.1, 0.15) is 5.82 Å². The van der Waals surface area contributed by atoms with E-state index in [2.05, 4.69) is 30.9 Å². The molecule has 1 fully saturated rings. The number of anilines is 1. The first-order valence-electron chi connectivity index (χ1n) is 9.35. The van der Waals surface area contributed by atoms with Gasteiger partial charge in [0.15, 0.2) is 0 Å². The average molecular weight is 483 g/mol. The molecule has 4 rings (SSSR count). The fourth-order valence-electron chi connectivity index (χ4n) is 3.62. The van der Waals surface area contributed by atoms with E-state index in [1.165, 1.54) is 0 Å². The summed E-state index contributed by atoms with van der Waals surface area (Å²) in [5.41, 5.74) is 1.76. The number of H-pyrrole nitrogens is 2. The van der Waals surface area contributed by atoms with E-state index in [-0.39, 0.29) is 19.1 Å². The van der Waals surface area contributed by atoms with E-state index in [9.17, 15) is 4.79 Å². The Morgan fingerprint density at radius 1 is 1.48 bits per heavy atom. The molecular formula is C19H21BrClN5O3+2. The maximum Gasteiger partial charge on any atom is 0.435 e. The third-order valence-electron chi connectivity index (χ3n) is 5.01. The summed E-state index contributed by atoms with van der Waals surface area (Å²) in [7, 11) is 0. The monoisotopic (exact) mass is 481 g/mol. The molecule has 152 valence electrons. The molecular weight excluding hydrogens is 462 g/mol. The molecule has 2 aromatic heterocycles. The standard InChI is InChI=1S/C19H19BrClN5O3/c20-14-7-16-13(6-15(14)21)17(26-11-22-10-23-26)8-18(24-16)25-4-1-2-12(25)9-29-5-3-19(27)28/h6-8,10-12H,1-5,9H2,(H,27,28)/p+2/t12-/m0/s1. The zero-order chi connectivity index (χ0) is 20.4. The Balaban J connectivity index is 1.68. The minimum atomic E-state index is -0.849. The number of carboxylic acid groups (broad SMARTS) is 1. The van der Waals surface area contributed by atoms with Gasteiger partial charge in [-0.25, -0.2) is 4.98 Å². The molecule has 0 unspecified atom stereocenters. The second-order valence-corrected chi connectivity index (χ2v) is 8.19. The van der Waals surface area contributed by atoms with Crippen molar-refractivity contribution in [2.75, 3.05) is 24.7 Å². The largest absolute Gasteiger partial charge is 0.481 e. The lowest BCUT2D eigenvalue weighted by Gasteiger charge is -2.25. The summed E-state index contributed by atoms with van der Waals surface area (Å²) in [6, 6.07) is 6.02. The quantitative estimate of drug-likeness (QED) is 0.398. The van der Waals surface area contributed by atoms with Gasteiger partial charge in [-0.05, 0) is 45.6 Å². The molecule has 3 heterocycles. The van der Waals surface area contributed by atoms with Gasteiger partial charge in [-0.2, -0.15) is 0 Å². The smallest absolute Gasteiger partial charge is 0.435 e. The number of rotatable bonds is 7. The molecule has 1 aromatic carbocycles. The summed E-state index contributed by atoms with van der Waals surface area (Å²) in [6.07, 6.45) is 5.60. The minimum Gasteiger partial charge on any atom is -0.481 e. The number of hydrogen-bond acceptors (Lipinski definition) is 4. The predicted octanol–water partition coefficient (Wildman–Crippen LogP) is 2.53. The number of aliphatic carboxylic acids is 1. The second kappa shape index (κ2) is 8.64. The van der Waals surface area contributed by atoms with Crippen LogP contribution in [0.15, 0.2) is 35.3 Å². The summed E-state index contributed by atoms with van der Waals surface area (Å²) < 4.78 is 8.29. The fraction of sp³-hybridized carbons (Fsp3) is 0.368. The number of halogens is 2. The molecule has 10 heteroatoms. The highest BCUT2D eigenvalue weighted by Crippen LogP contribution is 2.33. The topological polar surface area (TPSA) is 96.5 Å². The van der Waals surface area contributed by atoms with Crippen molar-refractivity contribution in [3.63, 3.8) is 0 Å². The molecule has 3 aromatic rings. The van der Waals surface area contributed by atoms with Gasteiger partial charge in [0, 0.05) is 11.0 Å². The fourth-order valence-corrected chi connectivity index (χ4v) is 4.12. The maximum absolute atomic E-state index is 10.7. The number of benzene rings is 1. The molecule has 0 bridgehead atoms. The molecule has 1 aliphatic heterocycles. The molecule has 29 heavy (non-hydrogen) atoms. The molecule has 1 atom stereocenters. The highest BCUT2D eigenvalue weighted by atomic mass is 79.9. The van der Waals surface area contributed by atoms with Crippen molar-refractivity contribution in [3.8, 4) is 5.69 Å². The van der Waals surface area contributed by atoms with Crippen LogP contribution in [0.1, 0.15) is 19.3 Å². The van der Waals surface area contributed by atoms with E-state index in [4.69, 9.17) is 26.4 Å². The van der Waals surface area contributed by atoms with Gasteiger partial charge in [0.05, 0.1) is 47.7 Å². The second-order valence-electron chi connectivity index (χ2n) is 6.93. The number of nitrogens with zero attached hydrogens (tertiary/aromatic N) is 3. The number of nitrogens with one attached hydrogen (secondary N) is 2. The summed E-state index contributed by atoms with van der Waals surface area (Å²) in [4.78, 5) is 20.8. The van der Waals surface area contributed by atoms with Crippen LogP contribution in [0.5, 0.6) is 0 Å². The Kier molecular flexibility index (Phi) is 5.98. The van der Waals surface area contributed by atoms with E-state index in [1.54, 1.807) is 6.33 Å². The van der Waals surface area contributed by atoms with Crippen molar-refractivity contribution in [2.24, 2.45) is 0 Å². The van der Waals surface area contributed by atoms with Crippen molar-refractivity contribution >= 4 is 50.2 Å². The summed E-state index contributed by atoms with van der Waals surface area (Å²) >= 11 is 9.82. The van der Waals surface area contributed by atoms with E-state index in [1.807, 2.05) is 29.2 Å². The van der Waals surface area contributed by atoms with E-state index in [0.717, 1.165) is 46.3 Å². The minimum absolute atomic E-state index is 0.0137. The van der Waals surface area contributed by atoms with Crippen LogP contribution >= 0.6 is 27.5 Å². The van der Waals surface area contributed by atoms with Gasteiger partial charge in [-0.1, -0.05) is 16.7 Å². The number of fused-ring (bicyclic) bond motifs is 1. The lowest BCUT2D eigenvalue weighted by atomic mass is 10.1. The maximum atomic E-state index is 10.7. The number of aromatic nitrogens is 4. The number of aromatic amines is 2. The van der Waals surface area contributed by atoms with Crippen molar-refractivity contribution in [1.29, 1.82) is 0 Å². The van der Waals surface area contributed by atoms with E-state index in [0.29, 0.717) is 11.6 Å². The van der Waals surface area contributed by atoms with Crippen molar-refractivity contribution in [3.05, 3.63) is 40.3 Å². The molecule has 0 saturated carbocycles. The SMILES string of the molecule is O=C(O)CCOC[C@@H]1CCCN1c1cc(-[n+]2c[nH+]c[nH]2)c2cc(Cl)c(Br)cc2n1. The third kappa shape index (κ3) is 4.36. The number of carbonyl (C=O) groups is 1. The first kappa shape index (κ1) is 20.1. The zero-order valence-corrected chi connectivity index (χ0v) is 17.9. The van der Waals surface area contributed by atoms with Crippen LogP contribution < -0.4 is 14.6 Å². The Morgan fingerprint density at radius 3 is 3.10 bits per heavy atom. The van der Waals surface area contributed by atoms with Crippen LogP contribution in [0, 0.1) is 0 Å². The van der Waals surface area contributed by atoms with Gasteiger partial charge >= 0.3 is 12.3 Å². The molecule has 8 nitrogen and oxygen atoms in total. The van der Waals surface area contributed by atoms with Crippen LogP contribution in [0.4, 0.5) is 5.82 Å². The van der Waals surface area contributed by atoms with Crippen LogP contribution in [-0.2, 0) is 9.53 Å². The van der Waals surface area contributed by atoms with Crippen molar-refractivity contribution in [1.82, 2.24) is 10.1 Å². The van der Waals surface area contributed by atoms with E-state index >= 15 is 0 Å². The number of ether oxygens (including phenoxy) is 1. The van der Waals surface area contributed by atoms with Crippen LogP contribution in [-0.4, -0.2) is 47.0 Å². The lowest BCUT2D eigenvalue weighted by Crippen LogP contribution is -2.36. The number of pyridine rings is 1. The molecule has 0 aliphatic carbocycles. The van der Waals surface area contributed by atoms with Gasteiger partial charge in [-0.15, -0.1) is 4.98 Å². The van der Waals surface area contributed by atoms with E-state index < -0.39 is 5.97 Å².